The average molecular weight is 625 g/mol. The lowest BCUT2D eigenvalue weighted by atomic mass is 10.00. The molecule has 0 unspecified atom stereocenters. The monoisotopic (exact) mass is 624 g/mol. The van der Waals surface area contributed by atoms with Crippen LogP contribution in [0.25, 0.3) is 33.7 Å². The van der Waals surface area contributed by atoms with Crippen LogP contribution in [0, 0.1) is 12.7 Å². The number of imidazole rings is 1. The zero-order chi connectivity index (χ0) is 33.8. The molecule has 8 nitrogen and oxygen atoms in total. The number of aryl methyl sites for hydroxylation is 1. The van der Waals surface area contributed by atoms with Crippen molar-refractivity contribution >= 4 is 27.9 Å². The third kappa shape index (κ3) is 9.14. The summed E-state index contributed by atoms with van der Waals surface area (Å²) in [6.07, 6.45) is 11.7. The molecule has 0 aliphatic heterocycles. The first-order chi connectivity index (χ1) is 22.1. The normalized spacial score (nSPS) is 12.7. The van der Waals surface area contributed by atoms with E-state index < -0.39 is 0 Å². The minimum atomic E-state index is -0.318. The molecule has 4 N–H and O–H groups in total. The summed E-state index contributed by atoms with van der Waals surface area (Å²) in [5.74, 6) is 0.257. The molecule has 4 rings (SSSR count). The van der Waals surface area contributed by atoms with Crippen molar-refractivity contribution in [2.75, 3.05) is 32.5 Å². The number of anilines is 1. The molecule has 9 heteroatoms. The van der Waals surface area contributed by atoms with Crippen molar-refractivity contribution in [3.63, 3.8) is 0 Å². The standard InChI is InChI=1S/C35H43FN8.C2H6/c1-9-12-13-29(25-18-26(36)21-28(20-25)37-16-17-44(7)8)32-23(6)39-35(41-32)34-33-31(42-43-34)15-14-30(40-33)24(10-2)19-27(11-3)38-22(4)5;1-2/h9-15,18-22,37-38H,3,16-17H2,1-2,4-8H3,(H,39,41)(H,42,43);1-2H3/b12-9-,24-10+,27-19+,29-13-;. The van der Waals surface area contributed by atoms with E-state index in [1.165, 1.54) is 12.1 Å². The van der Waals surface area contributed by atoms with Gasteiger partial charge in [-0.15, -0.1) is 0 Å². The van der Waals surface area contributed by atoms with E-state index in [2.05, 4.69) is 51.1 Å². The fourth-order valence-electron chi connectivity index (χ4n) is 4.80. The van der Waals surface area contributed by atoms with Crippen LogP contribution in [-0.4, -0.2) is 63.3 Å². The Kier molecular flexibility index (Phi) is 13.3. The van der Waals surface area contributed by atoms with Gasteiger partial charge in [0.2, 0.25) is 0 Å². The minimum absolute atomic E-state index is 0.273. The van der Waals surface area contributed by atoms with E-state index in [1.54, 1.807) is 6.08 Å². The lowest BCUT2D eigenvalue weighted by Crippen LogP contribution is -2.20. The Morgan fingerprint density at radius 2 is 1.87 bits per heavy atom. The Bertz CT molecular complexity index is 1730. The van der Waals surface area contributed by atoms with Gasteiger partial charge in [0.1, 0.15) is 11.3 Å². The van der Waals surface area contributed by atoms with Gasteiger partial charge in [0, 0.05) is 41.8 Å². The summed E-state index contributed by atoms with van der Waals surface area (Å²) in [6, 6.07) is 9.22. The number of halogens is 1. The average Bonchev–Trinajstić information content (AvgIpc) is 3.62. The molecule has 4 aromatic rings. The maximum atomic E-state index is 14.8. The number of benzene rings is 1. The molecule has 244 valence electrons. The zero-order valence-corrected chi connectivity index (χ0v) is 28.7. The highest BCUT2D eigenvalue weighted by Crippen LogP contribution is 2.32. The summed E-state index contributed by atoms with van der Waals surface area (Å²) < 4.78 is 14.8. The van der Waals surface area contributed by atoms with Gasteiger partial charge in [-0.25, -0.2) is 14.4 Å². The van der Waals surface area contributed by atoms with Crippen LogP contribution in [0.3, 0.4) is 0 Å². The number of hydrogen-bond acceptors (Lipinski definition) is 6. The fraction of sp³-hybridized carbons (Fsp3) is 0.324. The Balaban J connectivity index is 0.00000282. The van der Waals surface area contributed by atoms with Gasteiger partial charge < -0.3 is 20.5 Å². The second-order valence-electron chi connectivity index (χ2n) is 11.1. The van der Waals surface area contributed by atoms with Gasteiger partial charge in [-0.3, -0.25) is 5.10 Å². The van der Waals surface area contributed by atoms with Gasteiger partial charge in [0.05, 0.1) is 16.9 Å². The summed E-state index contributed by atoms with van der Waals surface area (Å²) in [5.41, 5.74) is 8.56. The molecular formula is C37H49FN8. The van der Waals surface area contributed by atoms with Crippen LogP contribution in [0.2, 0.25) is 0 Å². The SMILES string of the molecule is C=C/C(=C\C(=C/C)c1ccc2[nH]nc(-c3nc(/C(=C\C=C/C)c4cc(F)cc(NCCN(C)C)c4)c(C)[nH]3)c2n1)NC(C)C.CC. The van der Waals surface area contributed by atoms with Crippen molar-refractivity contribution in [3.8, 4) is 11.5 Å². The molecule has 0 fully saturated rings. The topological polar surface area (TPSA) is 97.5 Å². The van der Waals surface area contributed by atoms with Crippen molar-refractivity contribution in [1.29, 1.82) is 0 Å². The number of hydrogen-bond donors (Lipinski definition) is 4. The van der Waals surface area contributed by atoms with Gasteiger partial charge in [-0.2, -0.15) is 5.10 Å². The zero-order valence-electron chi connectivity index (χ0n) is 28.7. The fourth-order valence-corrected chi connectivity index (χ4v) is 4.80. The first-order valence-corrected chi connectivity index (χ1v) is 15.9. The van der Waals surface area contributed by atoms with E-state index in [0.29, 0.717) is 35.0 Å². The predicted molar refractivity (Wildman–Crippen MR) is 193 cm³/mol. The van der Waals surface area contributed by atoms with Gasteiger partial charge in [-0.05, 0) is 102 Å². The van der Waals surface area contributed by atoms with Crippen LogP contribution in [0.4, 0.5) is 10.1 Å². The Hall–Kier alpha value is -4.76. The van der Waals surface area contributed by atoms with E-state index in [-0.39, 0.29) is 11.9 Å². The summed E-state index contributed by atoms with van der Waals surface area (Å²) in [7, 11) is 4.02. The number of allylic oxidation sites excluding steroid dienone is 7. The van der Waals surface area contributed by atoms with E-state index in [1.807, 2.05) is 97.3 Å². The first kappa shape index (κ1) is 35.7. The van der Waals surface area contributed by atoms with Crippen LogP contribution >= 0.6 is 0 Å². The number of H-pyrrole nitrogens is 2. The van der Waals surface area contributed by atoms with Crippen LogP contribution in [-0.2, 0) is 0 Å². The van der Waals surface area contributed by atoms with E-state index in [0.717, 1.165) is 45.9 Å². The molecule has 0 atom stereocenters. The second-order valence-corrected chi connectivity index (χ2v) is 11.1. The highest BCUT2D eigenvalue weighted by Gasteiger charge is 2.20. The quantitative estimate of drug-likeness (QED) is 0.112. The maximum absolute atomic E-state index is 14.8. The predicted octanol–water partition coefficient (Wildman–Crippen LogP) is 8.27. The van der Waals surface area contributed by atoms with Crippen molar-refractivity contribution in [2.24, 2.45) is 0 Å². The van der Waals surface area contributed by atoms with Gasteiger partial charge in [-0.1, -0.05) is 44.7 Å². The maximum Gasteiger partial charge on any atom is 0.161 e. The second kappa shape index (κ2) is 17.1. The van der Waals surface area contributed by atoms with Crippen LogP contribution < -0.4 is 10.6 Å². The molecule has 0 aliphatic carbocycles. The van der Waals surface area contributed by atoms with Crippen molar-refractivity contribution in [3.05, 3.63) is 108 Å². The van der Waals surface area contributed by atoms with E-state index in [4.69, 9.17) is 9.97 Å². The molecule has 0 saturated carbocycles. The number of nitrogens with one attached hydrogen (secondary N) is 4. The summed E-state index contributed by atoms with van der Waals surface area (Å²) in [4.78, 5) is 15.5. The Morgan fingerprint density at radius 1 is 1.11 bits per heavy atom. The third-order valence-corrected chi connectivity index (χ3v) is 6.92. The molecule has 0 bridgehead atoms. The molecule has 0 amide bonds. The molecule has 0 aliphatic rings. The largest absolute Gasteiger partial charge is 0.384 e. The molecule has 46 heavy (non-hydrogen) atoms. The summed E-state index contributed by atoms with van der Waals surface area (Å²) in [5, 5.41) is 14.4. The number of aromatic nitrogens is 5. The smallest absolute Gasteiger partial charge is 0.161 e. The highest BCUT2D eigenvalue weighted by molar-refractivity contribution is 5.90. The molecule has 3 aromatic heterocycles. The van der Waals surface area contributed by atoms with Crippen LogP contribution in [0.5, 0.6) is 0 Å². The first-order valence-electron chi connectivity index (χ1n) is 15.9. The molecule has 0 radical (unpaired) electrons. The van der Waals surface area contributed by atoms with Crippen LogP contribution in [0.1, 0.15) is 64.2 Å². The van der Waals surface area contributed by atoms with Crippen LogP contribution in [0.15, 0.2) is 79.1 Å². The Morgan fingerprint density at radius 3 is 2.52 bits per heavy atom. The third-order valence-electron chi connectivity index (χ3n) is 6.92. The number of aromatic amines is 2. The highest BCUT2D eigenvalue weighted by atomic mass is 19.1. The number of pyridine rings is 1. The number of rotatable bonds is 13. The number of likely N-dealkylation sites (N-methyl/N-ethyl adjacent to an activating group) is 1. The van der Waals surface area contributed by atoms with Crippen molar-refractivity contribution in [1.82, 2.24) is 35.4 Å². The lowest BCUT2D eigenvalue weighted by molar-refractivity contribution is 0.425. The molecule has 1 aromatic carbocycles. The van der Waals surface area contributed by atoms with E-state index in [9.17, 15) is 4.39 Å². The molecule has 0 saturated heterocycles. The summed E-state index contributed by atoms with van der Waals surface area (Å²) in [6.45, 7) is 19.5. The molecule has 0 spiro atoms. The van der Waals surface area contributed by atoms with Gasteiger partial charge in [0.25, 0.3) is 0 Å². The molecule has 3 heterocycles. The van der Waals surface area contributed by atoms with Crippen molar-refractivity contribution < 1.29 is 4.39 Å². The lowest BCUT2D eigenvalue weighted by Gasteiger charge is -2.13. The minimum Gasteiger partial charge on any atom is -0.384 e. The Labute approximate surface area is 273 Å². The molecular weight excluding hydrogens is 575 g/mol. The van der Waals surface area contributed by atoms with Gasteiger partial charge >= 0.3 is 0 Å². The van der Waals surface area contributed by atoms with Crippen molar-refractivity contribution in [2.45, 2.75) is 54.5 Å². The number of nitrogens with zero attached hydrogens (tertiary/aromatic N) is 4. The van der Waals surface area contributed by atoms with Gasteiger partial charge in [0.15, 0.2) is 11.5 Å². The summed E-state index contributed by atoms with van der Waals surface area (Å²) >= 11 is 0. The number of fused-ring (bicyclic) bond motifs is 1. The van der Waals surface area contributed by atoms with E-state index >= 15 is 0 Å².